The van der Waals surface area contributed by atoms with Crippen LogP contribution < -0.4 is 15.8 Å². The number of hydrogen-bond donors (Lipinski definition) is 3. The molecule has 8 nitrogen and oxygen atoms in total. The van der Waals surface area contributed by atoms with Gasteiger partial charge >= 0.3 is 5.97 Å². The molecule has 0 radical (unpaired) electrons. The molecule has 0 aliphatic carbocycles. The fraction of sp³-hybridized carbons (Fsp3) is 0.500. The van der Waals surface area contributed by atoms with E-state index in [0.717, 1.165) is 6.26 Å². The van der Waals surface area contributed by atoms with Crippen LogP contribution in [0.3, 0.4) is 0 Å². The highest BCUT2D eigenvalue weighted by molar-refractivity contribution is 7.88. The Morgan fingerprint density at radius 3 is 2.62 bits per heavy atom. The van der Waals surface area contributed by atoms with E-state index < -0.39 is 21.5 Å². The van der Waals surface area contributed by atoms with Crippen LogP contribution in [0.5, 0.6) is 0 Å². The monoisotopic (exact) mass is 316 g/mol. The number of anilines is 2. The number of esters is 1. The fourth-order valence-corrected chi connectivity index (χ4v) is 2.81. The molecule has 4 N–H and O–H groups in total. The van der Waals surface area contributed by atoms with Crippen molar-refractivity contribution in [3.05, 3.63) is 17.8 Å². The second kappa shape index (κ2) is 6.27. The van der Waals surface area contributed by atoms with E-state index in [-0.39, 0.29) is 17.9 Å². The van der Waals surface area contributed by atoms with Crippen molar-refractivity contribution in [2.75, 3.05) is 31.0 Å². The van der Waals surface area contributed by atoms with E-state index >= 15 is 0 Å². The van der Waals surface area contributed by atoms with Crippen LogP contribution in [0.15, 0.2) is 12.3 Å². The van der Waals surface area contributed by atoms with Crippen LogP contribution in [0.1, 0.15) is 24.2 Å². The highest BCUT2D eigenvalue weighted by atomic mass is 32.2. The van der Waals surface area contributed by atoms with Gasteiger partial charge in [-0.15, -0.1) is 0 Å². The normalized spacial score (nSPS) is 12.0. The number of methoxy groups -OCH3 is 1. The first-order chi connectivity index (χ1) is 9.54. The molecule has 1 aromatic rings. The number of pyridine rings is 1. The molecule has 0 atom stereocenters. The molecule has 0 saturated heterocycles. The van der Waals surface area contributed by atoms with E-state index in [0.29, 0.717) is 5.69 Å². The predicted octanol–water partition coefficient (Wildman–Crippen LogP) is 0.190. The summed E-state index contributed by atoms with van der Waals surface area (Å²) in [4.78, 5) is 15.7. The molecule has 0 fully saturated rings. The number of sulfonamides is 1. The topological polar surface area (TPSA) is 123 Å². The third kappa shape index (κ3) is 5.56. The Bertz CT molecular complexity index is 628. The molecule has 9 heteroatoms. The Hall–Kier alpha value is -1.87. The molecule has 118 valence electrons. The number of hydrogen-bond acceptors (Lipinski definition) is 7. The summed E-state index contributed by atoms with van der Waals surface area (Å²) in [5.74, 6) is -0.300. The van der Waals surface area contributed by atoms with Crippen molar-refractivity contribution in [3.8, 4) is 0 Å². The van der Waals surface area contributed by atoms with Crippen LogP contribution in [0.2, 0.25) is 0 Å². The second-order valence-electron chi connectivity index (χ2n) is 5.27. The van der Waals surface area contributed by atoms with E-state index in [4.69, 9.17) is 5.73 Å². The minimum atomic E-state index is -3.35. The van der Waals surface area contributed by atoms with Crippen LogP contribution in [-0.2, 0) is 14.8 Å². The lowest BCUT2D eigenvalue weighted by molar-refractivity contribution is 0.0601. The molecule has 21 heavy (non-hydrogen) atoms. The predicted molar refractivity (Wildman–Crippen MR) is 80.5 cm³/mol. The zero-order valence-electron chi connectivity index (χ0n) is 12.4. The zero-order valence-corrected chi connectivity index (χ0v) is 13.2. The van der Waals surface area contributed by atoms with Crippen molar-refractivity contribution in [1.82, 2.24) is 9.71 Å². The molecule has 0 aliphatic rings. The lowest BCUT2D eigenvalue weighted by Gasteiger charge is -2.26. The van der Waals surface area contributed by atoms with Crippen LogP contribution >= 0.6 is 0 Å². The van der Waals surface area contributed by atoms with Gasteiger partial charge in [0.05, 0.1) is 25.2 Å². The molecular weight excluding hydrogens is 296 g/mol. The first-order valence-corrected chi connectivity index (χ1v) is 8.00. The summed E-state index contributed by atoms with van der Waals surface area (Å²) in [6.45, 7) is 3.63. The number of carbonyl (C=O) groups excluding carboxylic acids is 1. The SMILES string of the molecule is COC(=O)c1cc(N)cnc1NCC(C)(C)NS(C)(=O)=O. The summed E-state index contributed by atoms with van der Waals surface area (Å²) in [5, 5.41) is 2.92. The molecule has 1 rings (SSSR count). The van der Waals surface area contributed by atoms with Crippen LogP contribution in [0.4, 0.5) is 11.5 Å². The van der Waals surface area contributed by atoms with Crippen LogP contribution in [0, 0.1) is 0 Å². The van der Waals surface area contributed by atoms with Gasteiger partial charge in [0.2, 0.25) is 10.0 Å². The number of nitrogens with zero attached hydrogens (tertiary/aromatic N) is 1. The number of carbonyl (C=O) groups is 1. The average Bonchev–Trinajstić information content (AvgIpc) is 2.33. The first-order valence-electron chi connectivity index (χ1n) is 6.11. The van der Waals surface area contributed by atoms with Gasteiger partial charge in [-0.2, -0.15) is 0 Å². The lowest BCUT2D eigenvalue weighted by atomic mass is 10.1. The van der Waals surface area contributed by atoms with Gasteiger partial charge in [0.15, 0.2) is 0 Å². The quantitative estimate of drug-likeness (QED) is 0.640. The maximum absolute atomic E-state index is 11.7. The zero-order chi connectivity index (χ0) is 16.3. The van der Waals surface area contributed by atoms with Crippen molar-refractivity contribution in [1.29, 1.82) is 0 Å². The van der Waals surface area contributed by atoms with Crippen molar-refractivity contribution in [2.24, 2.45) is 0 Å². The Kier molecular flexibility index (Phi) is 5.13. The lowest BCUT2D eigenvalue weighted by Crippen LogP contribution is -2.48. The van der Waals surface area contributed by atoms with E-state index in [1.54, 1.807) is 13.8 Å². The van der Waals surface area contributed by atoms with Crippen LogP contribution in [-0.4, -0.2) is 44.8 Å². The molecule has 0 unspecified atom stereocenters. The molecular formula is C12H20N4O4S. The minimum Gasteiger partial charge on any atom is -0.465 e. The molecule has 0 amide bonds. The number of rotatable bonds is 6. The van der Waals surface area contributed by atoms with Crippen molar-refractivity contribution in [3.63, 3.8) is 0 Å². The maximum atomic E-state index is 11.7. The number of nitrogens with one attached hydrogen (secondary N) is 2. The molecule has 0 aliphatic heterocycles. The fourth-order valence-electron chi connectivity index (χ4n) is 1.73. The molecule has 0 saturated carbocycles. The van der Waals surface area contributed by atoms with Gasteiger partial charge in [0, 0.05) is 12.1 Å². The molecule has 0 bridgehead atoms. The highest BCUT2D eigenvalue weighted by Crippen LogP contribution is 2.17. The Morgan fingerprint density at radius 2 is 2.10 bits per heavy atom. The van der Waals surface area contributed by atoms with E-state index in [9.17, 15) is 13.2 Å². The summed E-state index contributed by atoms with van der Waals surface area (Å²) in [6.07, 6.45) is 2.47. The van der Waals surface area contributed by atoms with E-state index in [1.165, 1.54) is 19.4 Å². The molecule has 0 spiro atoms. The Balaban J connectivity index is 2.91. The number of ether oxygens (including phenoxy) is 1. The highest BCUT2D eigenvalue weighted by Gasteiger charge is 2.23. The van der Waals surface area contributed by atoms with E-state index in [1.807, 2.05) is 0 Å². The Labute approximate surface area is 124 Å². The molecule has 1 heterocycles. The minimum absolute atomic E-state index is 0.188. The summed E-state index contributed by atoms with van der Waals surface area (Å²) in [7, 11) is -2.09. The number of nitrogen functional groups attached to an aromatic ring is 1. The van der Waals surface area contributed by atoms with Gasteiger partial charge in [-0.05, 0) is 19.9 Å². The number of aromatic nitrogens is 1. The first kappa shape index (κ1) is 17.2. The van der Waals surface area contributed by atoms with Crippen molar-refractivity contribution < 1.29 is 17.9 Å². The van der Waals surface area contributed by atoms with Gasteiger partial charge in [0.1, 0.15) is 11.4 Å². The maximum Gasteiger partial charge on any atom is 0.341 e. The van der Waals surface area contributed by atoms with Gasteiger partial charge in [-0.25, -0.2) is 22.9 Å². The van der Waals surface area contributed by atoms with E-state index in [2.05, 4.69) is 19.8 Å². The molecule has 0 aromatic carbocycles. The Morgan fingerprint density at radius 1 is 1.48 bits per heavy atom. The van der Waals surface area contributed by atoms with Gasteiger partial charge in [0.25, 0.3) is 0 Å². The van der Waals surface area contributed by atoms with Gasteiger partial charge < -0.3 is 15.8 Å². The van der Waals surface area contributed by atoms with Crippen molar-refractivity contribution >= 4 is 27.5 Å². The standard InChI is InChI=1S/C12H20N4O4S/c1-12(2,16-21(4,18)19)7-15-10-9(11(17)20-3)5-8(13)6-14-10/h5-6,16H,7,13H2,1-4H3,(H,14,15). The average molecular weight is 316 g/mol. The smallest absolute Gasteiger partial charge is 0.341 e. The van der Waals surface area contributed by atoms with Gasteiger partial charge in [-0.1, -0.05) is 0 Å². The van der Waals surface area contributed by atoms with Crippen molar-refractivity contribution in [2.45, 2.75) is 19.4 Å². The van der Waals surface area contributed by atoms with Gasteiger partial charge in [-0.3, -0.25) is 0 Å². The second-order valence-corrected chi connectivity index (χ2v) is 7.02. The molecule has 1 aromatic heterocycles. The third-order valence-corrected chi connectivity index (χ3v) is 3.40. The van der Waals surface area contributed by atoms with Crippen LogP contribution in [0.25, 0.3) is 0 Å². The summed E-state index contributed by atoms with van der Waals surface area (Å²) in [6, 6.07) is 1.44. The summed E-state index contributed by atoms with van der Waals surface area (Å²) < 4.78 is 29.7. The third-order valence-electron chi connectivity index (χ3n) is 2.47. The number of nitrogens with two attached hydrogens (primary N) is 1. The largest absolute Gasteiger partial charge is 0.465 e. The summed E-state index contributed by atoms with van der Waals surface area (Å²) in [5.41, 5.74) is 5.35. The summed E-state index contributed by atoms with van der Waals surface area (Å²) >= 11 is 0.